The number of hydrogen-bond donors (Lipinski definition) is 3. The summed E-state index contributed by atoms with van der Waals surface area (Å²) in [4.78, 5) is 115. The Labute approximate surface area is 542 Å². The maximum absolute atomic E-state index is 14.0. The van der Waals surface area contributed by atoms with Crippen LogP contribution in [-0.4, -0.2) is 134 Å². The van der Waals surface area contributed by atoms with Gasteiger partial charge in [0.25, 0.3) is 0 Å². The number of carboxylic acids is 3. The molecule has 21 nitrogen and oxygen atoms in total. The van der Waals surface area contributed by atoms with Crippen LogP contribution >= 0.6 is 0 Å². The number of methoxy groups -OCH3 is 1. The number of aromatic carboxylic acids is 2. The van der Waals surface area contributed by atoms with E-state index in [4.69, 9.17) is 42.6 Å². The highest BCUT2D eigenvalue weighted by Gasteiger charge is 2.46. The molecular weight excluding hydrogens is 1210 g/mol. The molecule has 94 heavy (non-hydrogen) atoms. The van der Waals surface area contributed by atoms with Crippen LogP contribution in [0.4, 0.5) is 0 Å². The predicted molar refractivity (Wildman–Crippen MR) is 340 cm³/mol. The van der Waals surface area contributed by atoms with Crippen molar-refractivity contribution in [1.29, 1.82) is 0 Å². The van der Waals surface area contributed by atoms with Gasteiger partial charge in [0.15, 0.2) is 18.3 Å². The Kier molecular flexibility index (Phi) is 24.4. The van der Waals surface area contributed by atoms with Gasteiger partial charge in [-0.25, -0.2) is 28.8 Å². The lowest BCUT2D eigenvalue weighted by Crippen LogP contribution is -2.36. The van der Waals surface area contributed by atoms with E-state index in [0.717, 1.165) is 83.3 Å². The van der Waals surface area contributed by atoms with Crippen molar-refractivity contribution in [3.63, 3.8) is 0 Å². The Morgan fingerprint density at radius 1 is 0.511 bits per heavy atom. The number of allylic oxidation sites excluding steroid dienone is 2. The SMILES string of the molecule is C=CC(=O)OC(COC(=O)c1cc(-c2ccc(C(=O)O)c(C(=O)OCC(COC)OC(=O)CCCCCCC)c2)ccc1C(=O)O)COc1ccc(C2(c3ccc(OCC(COC(=O)C4CC=CCC4C(=O)O)OC(=O)C=C)cc3)c3ccccc3-c3ccccc32)cc1. The van der Waals surface area contributed by atoms with Gasteiger partial charge in [0.1, 0.15) is 44.5 Å². The molecule has 0 saturated carbocycles. The number of rotatable bonds is 34. The fourth-order valence-corrected chi connectivity index (χ4v) is 11.4. The largest absolute Gasteiger partial charge is 0.490 e. The third kappa shape index (κ3) is 17.1. The minimum Gasteiger partial charge on any atom is -0.490 e. The van der Waals surface area contributed by atoms with E-state index in [1.54, 1.807) is 36.4 Å². The average Bonchev–Trinajstić information content (AvgIpc) is 1.53. The minimum absolute atomic E-state index is 0.114. The number of aliphatic carboxylic acids is 1. The molecule has 21 heteroatoms. The van der Waals surface area contributed by atoms with Crippen molar-refractivity contribution in [2.24, 2.45) is 11.8 Å². The van der Waals surface area contributed by atoms with Crippen LogP contribution in [0.2, 0.25) is 0 Å². The first-order valence-electron chi connectivity index (χ1n) is 30.5. The van der Waals surface area contributed by atoms with E-state index in [2.05, 4.69) is 32.2 Å². The Bertz CT molecular complexity index is 3740. The number of unbranched alkanes of at least 4 members (excludes halogenated alkanes) is 4. The molecule has 0 saturated heterocycles. The number of benzene rings is 6. The van der Waals surface area contributed by atoms with Gasteiger partial charge in [0.2, 0.25) is 0 Å². The monoisotopic (exact) mass is 1280 g/mol. The van der Waals surface area contributed by atoms with Crippen molar-refractivity contribution in [2.45, 2.75) is 82.0 Å². The molecule has 0 fully saturated rings. The Morgan fingerprint density at radius 3 is 1.40 bits per heavy atom. The molecule has 5 unspecified atom stereocenters. The fraction of sp³-hybridized carbons (Fsp3) is 0.301. The molecule has 0 bridgehead atoms. The minimum atomic E-state index is -1.49. The second kappa shape index (κ2) is 33.1. The quantitative estimate of drug-likeness (QED) is 0.0111. The van der Waals surface area contributed by atoms with Gasteiger partial charge in [-0.15, -0.1) is 0 Å². The molecule has 8 rings (SSSR count). The smallest absolute Gasteiger partial charge is 0.339 e. The third-order valence-corrected chi connectivity index (χ3v) is 16.0. The first-order chi connectivity index (χ1) is 45.4. The van der Waals surface area contributed by atoms with Crippen LogP contribution in [0.15, 0.2) is 171 Å². The zero-order valence-corrected chi connectivity index (χ0v) is 51.9. The Hall–Kier alpha value is -10.7. The maximum Gasteiger partial charge on any atom is 0.339 e. The van der Waals surface area contributed by atoms with Crippen LogP contribution in [0.3, 0.4) is 0 Å². The van der Waals surface area contributed by atoms with Crippen molar-refractivity contribution in [2.75, 3.05) is 46.8 Å². The number of carboxylic acid groups (broad SMARTS) is 3. The second-order valence-electron chi connectivity index (χ2n) is 22.2. The number of carbonyl (C=O) groups is 9. The lowest BCUT2D eigenvalue weighted by molar-refractivity contribution is -0.164. The van der Waals surface area contributed by atoms with Crippen LogP contribution in [0.25, 0.3) is 22.3 Å². The molecule has 490 valence electrons. The molecule has 0 heterocycles. The van der Waals surface area contributed by atoms with Crippen molar-refractivity contribution >= 4 is 53.7 Å². The normalized spacial score (nSPS) is 15.0. The van der Waals surface area contributed by atoms with Crippen molar-refractivity contribution in [3.05, 3.63) is 215 Å². The highest BCUT2D eigenvalue weighted by atomic mass is 16.6. The molecule has 0 amide bonds. The van der Waals surface area contributed by atoms with Crippen LogP contribution in [0, 0.1) is 11.8 Å². The summed E-state index contributed by atoms with van der Waals surface area (Å²) in [5.74, 6) is -10.4. The van der Waals surface area contributed by atoms with Gasteiger partial charge in [-0.1, -0.05) is 143 Å². The summed E-state index contributed by atoms with van der Waals surface area (Å²) in [7, 11) is 1.37. The van der Waals surface area contributed by atoms with E-state index < -0.39 is 131 Å². The highest BCUT2D eigenvalue weighted by Crippen LogP contribution is 2.56. The van der Waals surface area contributed by atoms with E-state index in [1.807, 2.05) is 60.7 Å². The summed E-state index contributed by atoms with van der Waals surface area (Å²) < 4.78 is 50.6. The standard InChI is InChI=1S/C73H72O21/c1-5-8-9-10-11-24-66(76)94-51(39-86-4)42-90-71(84)60-37-45(25-35-57(60)68(79)80)46-26-36-58(69(81)82)61(38-46)72(85)91-44-53(93-65(75)7-3)41-88-50-33-29-48(30-34-50)73(62-22-16-14-18-54(62)55-19-15-17-23-63(55)73)47-27-31-49(32-28-47)87-40-52(92-64(74)6-2)43-89-70(83)59-21-13-12-20-56(59)67(77)78/h6-7,12-19,22-23,25-38,51-53,56,59H,2-3,5,8-11,20-21,24,39-44H2,1,4H3,(H,77,78)(H,79,80)(H,81,82). The van der Waals surface area contributed by atoms with E-state index in [0.29, 0.717) is 17.9 Å². The zero-order chi connectivity index (χ0) is 67.3. The van der Waals surface area contributed by atoms with E-state index >= 15 is 0 Å². The summed E-state index contributed by atoms with van der Waals surface area (Å²) in [6.07, 6.45) is 7.01. The first kappa shape index (κ1) is 69.2. The van der Waals surface area contributed by atoms with Gasteiger partial charge in [-0.05, 0) is 112 Å². The van der Waals surface area contributed by atoms with Gasteiger partial charge in [-0.3, -0.25) is 14.4 Å². The van der Waals surface area contributed by atoms with Gasteiger partial charge < -0.3 is 58.0 Å². The third-order valence-electron chi connectivity index (χ3n) is 16.0. The molecule has 3 N–H and O–H groups in total. The molecule has 6 aromatic carbocycles. The lowest BCUT2D eigenvalue weighted by Gasteiger charge is -2.34. The van der Waals surface area contributed by atoms with Crippen LogP contribution in [0.1, 0.15) is 122 Å². The lowest BCUT2D eigenvalue weighted by atomic mass is 9.68. The van der Waals surface area contributed by atoms with E-state index in [1.165, 1.54) is 31.4 Å². The molecule has 0 spiro atoms. The number of esters is 6. The van der Waals surface area contributed by atoms with Gasteiger partial charge in [0.05, 0.1) is 46.1 Å². The van der Waals surface area contributed by atoms with Crippen LogP contribution < -0.4 is 9.47 Å². The number of fused-ring (bicyclic) bond motifs is 3. The van der Waals surface area contributed by atoms with E-state index in [9.17, 15) is 58.5 Å². The summed E-state index contributed by atoms with van der Waals surface area (Å²) >= 11 is 0. The highest BCUT2D eigenvalue weighted by molar-refractivity contribution is 6.05. The summed E-state index contributed by atoms with van der Waals surface area (Å²) in [6.45, 7) is 6.82. The van der Waals surface area contributed by atoms with Crippen molar-refractivity contribution in [1.82, 2.24) is 0 Å². The average molecular weight is 1290 g/mol. The number of hydrogen-bond acceptors (Lipinski definition) is 18. The van der Waals surface area contributed by atoms with Gasteiger partial charge in [0, 0.05) is 25.7 Å². The molecule has 2 aliphatic rings. The topological polar surface area (TPSA) is 297 Å². The summed E-state index contributed by atoms with van der Waals surface area (Å²) in [6, 6.07) is 38.0. The molecule has 5 atom stereocenters. The second-order valence-corrected chi connectivity index (χ2v) is 22.2. The Morgan fingerprint density at radius 2 is 0.957 bits per heavy atom. The molecule has 0 aromatic heterocycles. The number of ether oxygens (including phenoxy) is 9. The number of carbonyl (C=O) groups excluding carboxylic acids is 6. The fourth-order valence-electron chi connectivity index (χ4n) is 11.4. The Balaban J connectivity index is 0.974. The van der Waals surface area contributed by atoms with Crippen LogP contribution in [0.5, 0.6) is 11.5 Å². The van der Waals surface area contributed by atoms with Crippen molar-refractivity contribution < 1.29 is 101 Å². The van der Waals surface area contributed by atoms with Gasteiger partial charge in [-0.2, -0.15) is 0 Å². The van der Waals surface area contributed by atoms with Crippen LogP contribution in [-0.2, 0) is 62.5 Å². The predicted octanol–water partition coefficient (Wildman–Crippen LogP) is 11.2. The molecule has 2 aliphatic carbocycles. The molecule has 0 radical (unpaired) electrons. The van der Waals surface area contributed by atoms with E-state index in [-0.39, 0.29) is 50.2 Å². The van der Waals surface area contributed by atoms with Crippen molar-refractivity contribution in [3.8, 4) is 33.8 Å². The summed E-state index contributed by atoms with van der Waals surface area (Å²) in [5.41, 5.74) is 3.31. The molecular formula is C73H72O21. The maximum atomic E-state index is 14.0. The van der Waals surface area contributed by atoms with Gasteiger partial charge >= 0.3 is 53.7 Å². The molecule has 6 aromatic rings. The summed E-state index contributed by atoms with van der Waals surface area (Å²) in [5, 5.41) is 29.9. The molecule has 0 aliphatic heterocycles. The zero-order valence-electron chi connectivity index (χ0n) is 51.9. The first-order valence-corrected chi connectivity index (χ1v) is 30.5.